The van der Waals surface area contributed by atoms with Crippen LogP contribution in [0.25, 0.3) is 0 Å². The Labute approximate surface area is 102 Å². The molecule has 92 valence electrons. The second-order valence-corrected chi connectivity index (χ2v) is 4.54. The molecule has 0 aromatic carbocycles. The smallest absolute Gasteiger partial charge is 0.223 e. The Hall–Kier alpha value is -1.42. The van der Waals surface area contributed by atoms with Crippen LogP contribution in [0.1, 0.15) is 31.4 Å². The number of rotatable bonds is 3. The molecule has 4 nitrogen and oxygen atoms in total. The number of nitrogens with zero attached hydrogens (tertiary/aromatic N) is 1. The van der Waals surface area contributed by atoms with Gasteiger partial charge in [-0.25, -0.2) is 0 Å². The van der Waals surface area contributed by atoms with Crippen molar-refractivity contribution in [2.75, 3.05) is 13.1 Å². The molecule has 2 rings (SSSR count). The maximum atomic E-state index is 12.0. The highest BCUT2D eigenvalue weighted by Crippen LogP contribution is 2.15. The van der Waals surface area contributed by atoms with E-state index in [0.29, 0.717) is 0 Å². The molecule has 0 saturated carbocycles. The average Bonchev–Trinajstić information content (AvgIpc) is 2.40. The van der Waals surface area contributed by atoms with Gasteiger partial charge in [0, 0.05) is 18.3 Å². The Morgan fingerprint density at radius 2 is 2.29 bits per heavy atom. The quantitative estimate of drug-likeness (QED) is 0.826. The monoisotopic (exact) mass is 233 g/mol. The second kappa shape index (κ2) is 5.77. The van der Waals surface area contributed by atoms with Crippen LogP contribution < -0.4 is 10.6 Å². The molecule has 1 fully saturated rings. The molecule has 1 aromatic rings. The number of piperidine rings is 1. The van der Waals surface area contributed by atoms with Crippen LogP contribution in [0.15, 0.2) is 24.5 Å². The zero-order valence-corrected chi connectivity index (χ0v) is 10.1. The summed E-state index contributed by atoms with van der Waals surface area (Å²) in [7, 11) is 0. The minimum Gasteiger partial charge on any atom is -0.349 e. The summed E-state index contributed by atoms with van der Waals surface area (Å²) < 4.78 is 0. The molecule has 0 bridgehead atoms. The van der Waals surface area contributed by atoms with Gasteiger partial charge < -0.3 is 10.6 Å². The predicted octanol–water partition coefficient (Wildman–Crippen LogP) is 1.26. The Morgan fingerprint density at radius 3 is 2.94 bits per heavy atom. The van der Waals surface area contributed by atoms with E-state index in [2.05, 4.69) is 15.6 Å². The molecule has 1 aliphatic heterocycles. The molecule has 0 spiro atoms. The van der Waals surface area contributed by atoms with E-state index in [9.17, 15) is 4.79 Å². The molecule has 0 aliphatic carbocycles. The van der Waals surface area contributed by atoms with Crippen LogP contribution in [-0.4, -0.2) is 24.0 Å². The average molecular weight is 233 g/mol. The molecule has 2 heterocycles. The Bertz CT molecular complexity index is 360. The number of hydrogen-bond acceptors (Lipinski definition) is 3. The molecule has 1 atom stereocenters. The number of carbonyl (C=O) groups excluding carboxylic acids is 1. The van der Waals surface area contributed by atoms with Gasteiger partial charge in [0.1, 0.15) is 0 Å². The first-order chi connectivity index (χ1) is 8.27. The Morgan fingerprint density at radius 1 is 1.53 bits per heavy atom. The standard InChI is InChI=1S/C13H19N3O/c1-10(12-3-2-6-15-9-12)16-13(17)11-4-7-14-8-5-11/h2-3,6,9-11,14H,4-5,7-8H2,1H3,(H,16,17). The van der Waals surface area contributed by atoms with E-state index in [1.54, 1.807) is 12.4 Å². The van der Waals surface area contributed by atoms with Crippen molar-refractivity contribution < 1.29 is 4.79 Å². The molecule has 17 heavy (non-hydrogen) atoms. The van der Waals surface area contributed by atoms with Crippen molar-refractivity contribution in [2.45, 2.75) is 25.8 Å². The summed E-state index contributed by atoms with van der Waals surface area (Å²) in [4.78, 5) is 16.1. The van der Waals surface area contributed by atoms with Crippen molar-refractivity contribution in [1.82, 2.24) is 15.6 Å². The summed E-state index contributed by atoms with van der Waals surface area (Å²) in [6, 6.07) is 3.91. The normalized spacial score (nSPS) is 18.6. The van der Waals surface area contributed by atoms with Gasteiger partial charge >= 0.3 is 0 Å². The maximum Gasteiger partial charge on any atom is 0.223 e. The van der Waals surface area contributed by atoms with E-state index in [1.807, 2.05) is 19.1 Å². The number of pyridine rings is 1. The van der Waals surface area contributed by atoms with Crippen LogP contribution >= 0.6 is 0 Å². The highest BCUT2D eigenvalue weighted by Gasteiger charge is 2.22. The maximum absolute atomic E-state index is 12.0. The third-order valence-electron chi connectivity index (χ3n) is 3.25. The first kappa shape index (κ1) is 12.0. The highest BCUT2D eigenvalue weighted by molar-refractivity contribution is 5.79. The van der Waals surface area contributed by atoms with E-state index in [0.717, 1.165) is 31.5 Å². The van der Waals surface area contributed by atoms with Crippen molar-refractivity contribution >= 4 is 5.91 Å². The molecule has 0 radical (unpaired) electrons. The van der Waals surface area contributed by atoms with E-state index in [1.165, 1.54) is 0 Å². The summed E-state index contributed by atoms with van der Waals surface area (Å²) in [5, 5.41) is 6.32. The molecular formula is C13H19N3O. The van der Waals surface area contributed by atoms with Crippen LogP contribution in [0.3, 0.4) is 0 Å². The lowest BCUT2D eigenvalue weighted by molar-refractivity contribution is -0.126. The second-order valence-electron chi connectivity index (χ2n) is 4.54. The van der Waals surface area contributed by atoms with Gasteiger partial charge in [0.2, 0.25) is 5.91 Å². The minimum absolute atomic E-state index is 0.0334. The van der Waals surface area contributed by atoms with Crippen LogP contribution in [0.2, 0.25) is 0 Å². The topological polar surface area (TPSA) is 54.0 Å². The lowest BCUT2D eigenvalue weighted by Crippen LogP contribution is -2.39. The number of carbonyl (C=O) groups is 1. The number of aromatic nitrogens is 1. The summed E-state index contributed by atoms with van der Waals surface area (Å²) in [6.07, 6.45) is 5.41. The predicted molar refractivity (Wildman–Crippen MR) is 66.4 cm³/mol. The first-order valence-corrected chi connectivity index (χ1v) is 6.18. The van der Waals surface area contributed by atoms with Gasteiger partial charge in [0.05, 0.1) is 6.04 Å². The summed E-state index contributed by atoms with van der Waals surface area (Å²) >= 11 is 0. The van der Waals surface area contributed by atoms with Crippen molar-refractivity contribution in [3.05, 3.63) is 30.1 Å². The fraction of sp³-hybridized carbons (Fsp3) is 0.538. The van der Waals surface area contributed by atoms with Crippen molar-refractivity contribution in [1.29, 1.82) is 0 Å². The Balaban J connectivity index is 1.89. The molecule has 2 N–H and O–H groups in total. The largest absolute Gasteiger partial charge is 0.349 e. The fourth-order valence-corrected chi connectivity index (χ4v) is 2.13. The van der Waals surface area contributed by atoms with Gasteiger partial charge in [-0.1, -0.05) is 6.07 Å². The molecule has 1 amide bonds. The Kier molecular flexibility index (Phi) is 4.09. The summed E-state index contributed by atoms with van der Waals surface area (Å²) in [5.74, 6) is 0.332. The van der Waals surface area contributed by atoms with E-state index >= 15 is 0 Å². The summed E-state index contributed by atoms with van der Waals surface area (Å²) in [5.41, 5.74) is 1.05. The van der Waals surface area contributed by atoms with Gasteiger partial charge in [0.25, 0.3) is 0 Å². The van der Waals surface area contributed by atoms with Gasteiger partial charge in [-0.15, -0.1) is 0 Å². The lowest BCUT2D eigenvalue weighted by Gasteiger charge is -2.24. The van der Waals surface area contributed by atoms with Crippen LogP contribution in [0.4, 0.5) is 0 Å². The van der Waals surface area contributed by atoms with Gasteiger partial charge in [-0.3, -0.25) is 9.78 Å². The molecule has 1 aromatic heterocycles. The fourth-order valence-electron chi connectivity index (χ4n) is 2.13. The van der Waals surface area contributed by atoms with Crippen molar-refractivity contribution in [3.8, 4) is 0 Å². The highest BCUT2D eigenvalue weighted by atomic mass is 16.1. The number of amides is 1. The van der Waals surface area contributed by atoms with Gasteiger partial charge in [0.15, 0.2) is 0 Å². The van der Waals surface area contributed by atoms with Gasteiger partial charge in [-0.2, -0.15) is 0 Å². The third kappa shape index (κ3) is 3.27. The lowest BCUT2D eigenvalue weighted by atomic mass is 9.96. The third-order valence-corrected chi connectivity index (χ3v) is 3.25. The van der Waals surface area contributed by atoms with E-state index in [4.69, 9.17) is 0 Å². The van der Waals surface area contributed by atoms with E-state index in [-0.39, 0.29) is 17.9 Å². The van der Waals surface area contributed by atoms with Crippen LogP contribution in [-0.2, 0) is 4.79 Å². The number of nitrogens with one attached hydrogen (secondary N) is 2. The molecule has 1 saturated heterocycles. The van der Waals surface area contributed by atoms with Crippen LogP contribution in [0, 0.1) is 5.92 Å². The van der Waals surface area contributed by atoms with Crippen LogP contribution in [0.5, 0.6) is 0 Å². The van der Waals surface area contributed by atoms with Gasteiger partial charge in [-0.05, 0) is 44.5 Å². The van der Waals surface area contributed by atoms with E-state index < -0.39 is 0 Å². The van der Waals surface area contributed by atoms with Crippen molar-refractivity contribution in [2.24, 2.45) is 5.92 Å². The summed E-state index contributed by atoms with van der Waals surface area (Å²) in [6.45, 7) is 3.88. The molecular weight excluding hydrogens is 214 g/mol. The minimum atomic E-state index is 0.0334. The zero-order valence-electron chi connectivity index (χ0n) is 10.1. The zero-order chi connectivity index (χ0) is 12.1. The van der Waals surface area contributed by atoms with Crippen molar-refractivity contribution in [3.63, 3.8) is 0 Å². The first-order valence-electron chi connectivity index (χ1n) is 6.18. The molecule has 4 heteroatoms. The number of hydrogen-bond donors (Lipinski definition) is 2. The SMILES string of the molecule is CC(NC(=O)C1CCNCC1)c1cccnc1. The molecule has 1 unspecified atom stereocenters. The molecule has 1 aliphatic rings.